The lowest BCUT2D eigenvalue weighted by Crippen LogP contribution is -2.18. The fourth-order valence-electron chi connectivity index (χ4n) is 1.44. The summed E-state index contributed by atoms with van der Waals surface area (Å²) in [5.41, 5.74) is 5.48. The van der Waals surface area contributed by atoms with Crippen LogP contribution in [-0.2, 0) is 4.74 Å². The van der Waals surface area contributed by atoms with E-state index in [2.05, 4.69) is 25.0 Å². The molecule has 0 atom stereocenters. The number of hydrogen-bond donors (Lipinski definition) is 2. The fraction of sp³-hybridized carbons (Fsp3) is 0.0833. The van der Waals surface area contributed by atoms with Gasteiger partial charge in [0.05, 0.1) is 13.3 Å². The van der Waals surface area contributed by atoms with Gasteiger partial charge in [-0.15, -0.1) is 0 Å². The first-order valence-corrected chi connectivity index (χ1v) is 6.04. The molecule has 1 amide bonds. The van der Waals surface area contributed by atoms with Crippen molar-refractivity contribution in [3.8, 4) is 0 Å². The number of nitrogens with one attached hydrogen (secondary N) is 1. The molecular weight excluding hydrogens is 298 g/mol. The molecule has 2 heterocycles. The third-order valence-corrected chi connectivity index (χ3v) is 2.55. The second-order valence-corrected chi connectivity index (χ2v) is 4.17. The highest BCUT2D eigenvalue weighted by atomic mass is 35.5. The molecule has 0 spiro atoms. The number of carbonyl (C=O) groups is 2. The van der Waals surface area contributed by atoms with E-state index in [-0.39, 0.29) is 28.2 Å². The first-order chi connectivity index (χ1) is 10.0. The van der Waals surface area contributed by atoms with Crippen molar-refractivity contribution in [3.05, 3.63) is 40.9 Å². The number of halogens is 1. The number of esters is 1. The maximum atomic E-state index is 12.0. The van der Waals surface area contributed by atoms with Gasteiger partial charge >= 0.3 is 5.97 Å². The second kappa shape index (κ2) is 6.14. The van der Waals surface area contributed by atoms with Crippen LogP contribution in [0, 0.1) is 0 Å². The minimum absolute atomic E-state index is 0.0330. The van der Waals surface area contributed by atoms with Crippen molar-refractivity contribution in [2.45, 2.75) is 0 Å². The Morgan fingerprint density at radius 2 is 2.10 bits per heavy atom. The smallest absolute Gasteiger partial charge is 0.356 e. The number of carbonyl (C=O) groups excluding carboxylic acids is 2. The van der Waals surface area contributed by atoms with Gasteiger partial charge in [-0.05, 0) is 12.1 Å². The van der Waals surface area contributed by atoms with Gasteiger partial charge in [-0.25, -0.2) is 19.7 Å². The summed E-state index contributed by atoms with van der Waals surface area (Å²) in [6.07, 6.45) is 1.23. The Morgan fingerprint density at radius 1 is 1.33 bits per heavy atom. The molecule has 3 N–H and O–H groups in total. The van der Waals surface area contributed by atoms with Gasteiger partial charge in [-0.2, -0.15) is 0 Å². The number of rotatable bonds is 3. The molecule has 0 aromatic carbocycles. The molecule has 0 bridgehead atoms. The molecule has 2 rings (SSSR count). The summed E-state index contributed by atoms with van der Waals surface area (Å²) in [7, 11) is 1.23. The van der Waals surface area contributed by atoms with Crippen LogP contribution >= 0.6 is 11.6 Å². The Morgan fingerprint density at radius 3 is 2.81 bits per heavy atom. The summed E-state index contributed by atoms with van der Waals surface area (Å²) in [6, 6.07) is 4.50. The molecule has 108 valence electrons. The number of nitrogens with two attached hydrogens (primary N) is 1. The van der Waals surface area contributed by atoms with Crippen molar-refractivity contribution in [2.24, 2.45) is 0 Å². The normalized spacial score (nSPS) is 10.0. The fourth-order valence-corrected chi connectivity index (χ4v) is 1.58. The molecule has 21 heavy (non-hydrogen) atoms. The van der Waals surface area contributed by atoms with Gasteiger partial charge in [0.2, 0.25) is 0 Å². The van der Waals surface area contributed by atoms with Gasteiger partial charge in [0, 0.05) is 0 Å². The molecular formula is C12H10ClN5O3. The standard InChI is InChI=1S/C12H10ClN5O3/c1-21-12(20)6-3-2-4-8(16-6)18-11(19)9-10(14)15-5-7(13)17-9/h2-5H,1H3,(H2,14,15)(H,16,18,19). The SMILES string of the molecule is COC(=O)c1cccc(NC(=O)c2nc(Cl)cnc2N)n1. The zero-order chi connectivity index (χ0) is 15.4. The summed E-state index contributed by atoms with van der Waals surface area (Å²) in [5.74, 6) is -1.18. The van der Waals surface area contributed by atoms with E-state index in [0.717, 1.165) is 0 Å². The largest absolute Gasteiger partial charge is 0.464 e. The number of pyridine rings is 1. The summed E-state index contributed by atoms with van der Waals surface area (Å²) < 4.78 is 4.54. The molecule has 0 radical (unpaired) electrons. The average molecular weight is 308 g/mol. The predicted molar refractivity (Wildman–Crippen MR) is 75.0 cm³/mol. The van der Waals surface area contributed by atoms with Crippen LogP contribution in [0.5, 0.6) is 0 Å². The highest BCUT2D eigenvalue weighted by Crippen LogP contribution is 2.13. The molecule has 8 nitrogen and oxygen atoms in total. The minimum Gasteiger partial charge on any atom is -0.464 e. The van der Waals surface area contributed by atoms with Gasteiger partial charge < -0.3 is 15.8 Å². The molecule has 0 saturated carbocycles. The Bertz CT molecular complexity index is 707. The number of methoxy groups -OCH3 is 1. The predicted octanol–water partition coefficient (Wildman–Crippen LogP) is 1.15. The lowest BCUT2D eigenvalue weighted by Gasteiger charge is -2.06. The number of nitrogens with zero attached hydrogens (tertiary/aromatic N) is 3. The van der Waals surface area contributed by atoms with Crippen LogP contribution in [0.1, 0.15) is 21.0 Å². The van der Waals surface area contributed by atoms with Crippen molar-refractivity contribution in [1.82, 2.24) is 15.0 Å². The first-order valence-electron chi connectivity index (χ1n) is 5.66. The quantitative estimate of drug-likeness (QED) is 0.816. The van der Waals surface area contributed by atoms with Crippen molar-refractivity contribution < 1.29 is 14.3 Å². The Hall–Kier alpha value is -2.74. The number of aromatic nitrogens is 3. The average Bonchev–Trinajstić information content (AvgIpc) is 2.49. The topological polar surface area (TPSA) is 120 Å². The van der Waals surface area contributed by atoms with Gasteiger partial charge in [0.15, 0.2) is 17.2 Å². The Labute approximate surface area is 124 Å². The van der Waals surface area contributed by atoms with Gasteiger partial charge in [0.25, 0.3) is 5.91 Å². The maximum absolute atomic E-state index is 12.0. The zero-order valence-electron chi connectivity index (χ0n) is 10.8. The van der Waals surface area contributed by atoms with E-state index in [9.17, 15) is 9.59 Å². The van der Waals surface area contributed by atoms with Gasteiger partial charge in [-0.3, -0.25) is 4.79 Å². The van der Waals surface area contributed by atoms with Crippen LogP contribution in [0.25, 0.3) is 0 Å². The molecule has 0 aliphatic heterocycles. The van der Waals surface area contributed by atoms with E-state index in [4.69, 9.17) is 17.3 Å². The second-order valence-electron chi connectivity index (χ2n) is 3.78. The van der Waals surface area contributed by atoms with Crippen LogP contribution in [0.4, 0.5) is 11.6 Å². The van der Waals surface area contributed by atoms with E-state index in [0.29, 0.717) is 0 Å². The van der Waals surface area contributed by atoms with Crippen LogP contribution in [0.3, 0.4) is 0 Å². The van der Waals surface area contributed by atoms with E-state index < -0.39 is 11.9 Å². The number of hydrogen-bond acceptors (Lipinski definition) is 7. The van der Waals surface area contributed by atoms with Crippen LogP contribution in [0.2, 0.25) is 5.15 Å². The molecule has 0 saturated heterocycles. The molecule has 2 aromatic rings. The molecule has 0 aliphatic carbocycles. The van der Waals surface area contributed by atoms with Gasteiger partial charge in [0.1, 0.15) is 11.0 Å². The summed E-state index contributed by atoms with van der Waals surface area (Å²) in [6.45, 7) is 0. The molecule has 0 unspecified atom stereocenters. The van der Waals surface area contributed by atoms with Crippen LogP contribution in [-0.4, -0.2) is 33.9 Å². The maximum Gasteiger partial charge on any atom is 0.356 e. The van der Waals surface area contributed by atoms with Crippen molar-refractivity contribution in [3.63, 3.8) is 0 Å². The van der Waals surface area contributed by atoms with Crippen LogP contribution in [0.15, 0.2) is 24.4 Å². The highest BCUT2D eigenvalue weighted by molar-refractivity contribution is 6.29. The lowest BCUT2D eigenvalue weighted by atomic mass is 10.3. The van der Waals surface area contributed by atoms with E-state index in [1.54, 1.807) is 6.07 Å². The number of ether oxygens (including phenoxy) is 1. The number of nitrogen functional groups attached to an aromatic ring is 1. The van der Waals surface area contributed by atoms with Crippen molar-refractivity contribution in [1.29, 1.82) is 0 Å². The first kappa shape index (κ1) is 14.7. The summed E-state index contributed by atoms with van der Waals surface area (Å²) >= 11 is 5.66. The van der Waals surface area contributed by atoms with E-state index in [1.165, 1.54) is 25.4 Å². The number of anilines is 2. The Balaban J connectivity index is 2.23. The Kier molecular flexibility index (Phi) is 4.29. The molecule has 2 aromatic heterocycles. The van der Waals surface area contributed by atoms with E-state index in [1.807, 2.05) is 0 Å². The minimum atomic E-state index is -0.642. The lowest BCUT2D eigenvalue weighted by molar-refractivity contribution is 0.0594. The van der Waals surface area contributed by atoms with E-state index >= 15 is 0 Å². The third-order valence-electron chi connectivity index (χ3n) is 2.37. The molecule has 0 fully saturated rings. The number of amides is 1. The van der Waals surface area contributed by atoms with Crippen molar-refractivity contribution in [2.75, 3.05) is 18.2 Å². The van der Waals surface area contributed by atoms with Crippen LogP contribution < -0.4 is 11.1 Å². The van der Waals surface area contributed by atoms with Gasteiger partial charge in [-0.1, -0.05) is 17.7 Å². The molecule has 0 aliphatic rings. The zero-order valence-corrected chi connectivity index (χ0v) is 11.6. The third kappa shape index (κ3) is 3.42. The molecule has 9 heteroatoms. The summed E-state index contributed by atoms with van der Waals surface area (Å²) in [4.78, 5) is 34.8. The monoisotopic (exact) mass is 307 g/mol. The summed E-state index contributed by atoms with van der Waals surface area (Å²) in [5, 5.41) is 2.48. The highest BCUT2D eigenvalue weighted by Gasteiger charge is 2.15. The van der Waals surface area contributed by atoms with Crippen molar-refractivity contribution >= 4 is 35.1 Å².